The van der Waals surface area contributed by atoms with Gasteiger partial charge in [0.25, 0.3) is 15.9 Å². The summed E-state index contributed by atoms with van der Waals surface area (Å²) >= 11 is 0. The van der Waals surface area contributed by atoms with E-state index in [0.29, 0.717) is 0 Å². The topological polar surface area (TPSA) is 104 Å². The number of carbonyl (C=O) groups is 3. The molecule has 8 nitrogen and oxygen atoms in total. The van der Waals surface area contributed by atoms with E-state index in [2.05, 4.69) is 5.32 Å². The van der Waals surface area contributed by atoms with Crippen molar-refractivity contribution in [3.05, 3.63) is 101 Å². The fourth-order valence-electron chi connectivity index (χ4n) is 4.62. The smallest absolute Gasteiger partial charge is 0.269 e. The third kappa shape index (κ3) is 6.37. The van der Waals surface area contributed by atoms with E-state index < -0.39 is 27.9 Å². The minimum Gasteiger partial charge on any atom is -0.352 e. The van der Waals surface area contributed by atoms with Crippen molar-refractivity contribution in [1.29, 1.82) is 0 Å². The fourth-order valence-corrected chi connectivity index (χ4v) is 6.19. The number of aryl methyl sites for hydroxylation is 1. The lowest BCUT2D eigenvalue weighted by Crippen LogP contribution is -2.52. The second-order valence-corrected chi connectivity index (χ2v) is 11.8. The molecule has 0 spiro atoms. The van der Waals surface area contributed by atoms with Crippen molar-refractivity contribution in [1.82, 2.24) is 14.5 Å². The molecule has 0 saturated heterocycles. The fraction of sp³-hybridized carbons (Fsp3) is 0.300. The Labute approximate surface area is 229 Å². The summed E-state index contributed by atoms with van der Waals surface area (Å²) in [7, 11) is -4.05. The molecule has 0 radical (unpaired) electrons. The number of carbonyl (C=O) groups excluding carboxylic acids is 3. The largest absolute Gasteiger partial charge is 0.352 e. The molecule has 3 aromatic carbocycles. The second kappa shape index (κ2) is 11.8. The first-order chi connectivity index (χ1) is 18.6. The van der Waals surface area contributed by atoms with Crippen molar-refractivity contribution in [2.24, 2.45) is 0 Å². The standard InChI is InChI=1S/C30H33N3O5S/c1-21(2)31-29(35)26(19-23-9-5-4-6-10-23)32(20-24-15-13-22(3)14-16-24)28(34)17-18-33-30(36)25-11-7-8-12-27(25)39(33,37)38/h4-16,21,26H,17-20H2,1-3H3,(H,31,35)/t26-/m0/s1. The number of benzene rings is 3. The average Bonchev–Trinajstić information content (AvgIpc) is 3.10. The maximum atomic E-state index is 13.8. The molecule has 0 saturated carbocycles. The highest BCUT2D eigenvalue weighted by Gasteiger charge is 2.41. The lowest BCUT2D eigenvalue weighted by Gasteiger charge is -2.32. The molecule has 3 amide bonds. The van der Waals surface area contributed by atoms with E-state index in [9.17, 15) is 22.8 Å². The number of nitrogens with one attached hydrogen (secondary N) is 1. The van der Waals surface area contributed by atoms with Crippen LogP contribution in [0.3, 0.4) is 0 Å². The van der Waals surface area contributed by atoms with Gasteiger partial charge in [-0.1, -0.05) is 72.3 Å². The molecular weight excluding hydrogens is 514 g/mol. The second-order valence-electron chi connectivity index (χ2n) is 10.0. The number of hydrogen-bond acceptors (Lipinski definition) is 5. The van der Waals surface area contributed by atoms with Crippen LogP contribution in [-0.2, 0) is 32.6 Å². The quantitative estimate of drug-likeness (QED) is 0.417. The van der Waals surface area contributed by atoms with Gasteiger partial charge in [-0.15, -0.1) is 0 Å². The molecule has 39 heavy (non-hydrogen) atoms. The SMILES string of the molecule is Cc1ccc(CN(C(=O)CCN2C(=O)c3ccccc3S2(=O)=O)[C@@H](Cc2ccccc2)C(=O)NC(C)C)cc1. The number of amides is 3. The zero-order chi connectivity index (χ0) is 28.2. The minimum atomic E-state index is -4.05. The normalized spacial score (nSPS) is 14.7. The molecule has 4 rings (SSSR count). The summed E-state index contributed by atoms with van der Waals surface area (Å²) in [5.41, 5.74) is 2.88. The molecule has 3 aromatic rings. The first kappa shape index (κ1) is 28.0. The Hall–Kier alpha value is -3.98. The van der Waals surface area contributed by atoms with Crippen LogP contribution in [0.1, 0.15) is 47.3 Å². The van der Waals surface area contributed by atoms with Gasteiger partial charge in [0.15, 0.2) is 0 Å². The van der Waals surface area contributed by atoms with Gasteiger partial charge in [-0.3, -0.25) is 14.4 Å². The van der Waals surface area contributed by atoms with Gasteiger partial charge in [0.05, 0.1) is 5.56 Å². The van der Waals surface area contributed by atoms with Gasteiger partial charge in [-0.2, -0.15) is 0 Å². The molecule has 1 N–H and O–H groups in total. The van der Waals surface area contributed by atoms with Crippen molar-refractivity contribution in [3.8, 4) is 0 Å². The number of fused-ring (bicyclic) bond motifs is 1. The van der Waals surface area contributed by atoms with Crippen LogP contribution in [0.5, 0.6) is 0 Å². The van der Waals surface area contributed by atoms with Crippen molar-refractivity contribution >= 4 is 27.7 Å². The Balaban J connectivity index is 1.63. The van der Waals surface area contributed by atoms with E-state index in [1.165, 1.54) is 17.0 Å². The van der Waals surface area contributed by atoms with Crippen molar-refractivity contribution in [3.63, 3.8) is 0 Å². The van der Waals surface area contributed by atoms with Crippen LogP contribution in [-0.4, -0.2) is 54.0 Å². The van der Waals surface area contributed by atoms with Gasteiger partial charge in [-0.25, -0.2) is 12.7 Å². The Morgan fingerprint density at radius 3 is 2.18 bits per heavy atom. The molecule has 1 atom stereocenters. The molecule has 1 aliphatic rings. The first-order valence-corrected chi connectivity index (χ1v) is 14.4. The van der Waals surface area contributed by atoms with Crippen LogP contribution in [0.25, 0.3) is 0 Å². The van der Waals surface area contributed by atoms with E-state index in [1.807, 2.05) is 75.4 Å². The van der Waals surface area contributed by atoms with Gasteiger partial charge in [0.2, 0.25) is 11.8 Å². The highest BCUT2D eigenvalue weighted by molar-refractivity contribution is 7.90. The lowest BCUT2D eigenvalue weighted by molar-refractivity contribution is -0.141. The van der Waals surface area contributed by atoms with Crippen LogP contribution < -0.4 is 5.32 Å². The number of sulfonamides is 1. The molecule has 0 aliphatic carbocycles. The maximum Gasteiger partial charge on any atom is 0.269 e. The zero-order valence-corrected chi connectivity index (χ0v) is 23.1. The lowest BCUT2D eigenvalue weighted by atomic mass is 10.0. The van der Waals surface area contributed by atoms with E-state index in [0.717, 1.165) is 21.0 Å². The molecule has 0 aromatic heterocycles. The molecule has 204 valence electrons. The number of rotatable bonds is 10. The van der Waals surface area contributed by atoms with Crippen molar-refractivity contribution in [2.75, 3.05) is 6.54 Å². The molecule has 0 fully saturated rings. The third-order valence-electron chi connectivity index (χ3n) is 6.62. The number of hydrogen-bond donors (Lipinski definition) is 1. The summed E-state index contributed by atoms with van der Waals surface area (Å²) in [6, 6.07) is 22.1. The first-order valence-electron chi connectivity index (χ1n) is 12.9. The van der Waals surface area contributed by atoms with Crippen LogP contribution in [0.4, 0.5) is 0 Å². The zero-order valence-electron chi connectivity index (χ0n) is 22.3. The molecule has 0 unspecified atom stereocenters. The van der Waals surface area contributed by atoms with Crippen molar-refractivity contribution < 1.29 is 22.8 Å². The summed E-state index contributed by atoms with van der Waals surface area (Å²) < 4.78 is 26.8. The summed E-state index contributed by atoms with van der Waals surface area (Å²) in [4.78, 5) is 41.6. The van der Waals surface area contributed by atoms with Gasteiger partial charge in [0, 0.05) is 32.0 Å². The van der Waals surface area contributed by atoms with Crippen LogP contribution in [0.2, 0.25) is 0 Å². The Morgan fingerprint density at radius 2 is 1.54 bits per heavy atom. The maximum absolute atomic E-state index is 13.8. The highest BCUT2D eigenvalue weighted by Crippen LogP contribution is 2.30. The summed E-state index contributed by atoms with van der Waals surface area (Å²) in [5, 5.41) is 2.93. The molecule has 0 bridgehead atoms. The summed E-state index contributed by atoms with van der Waals surface area (Å²) in [6.45, 7) is 5.51. The molecule has 1 heterocycles. The van der Waals surface area contributed by atoms with Crippen LogP contribution in [0.15, 0.2) is 83.8 Å². The number of nitrogens with zero attached hydrogens (tertiary/aromatic N) is 2. The van der Waals surface area contributed by atoms with E-state index >= 15 is 0 Å². The van der Waals surface area contributed by atoms with Crippen molar-refractivity contribution in [2.45, 2.75) is 57.1 Å². The van der Waals surface area contributed by atoms with E-state index in [-0.39, 0.29) is 48.3 Å². The molecular formula is C30H33N3O5S. The Morgan fingerprint density at radius 1 is 0.897 bits per heavy atom. The summed E-state index contributed by atoms with van der Waals surface area (Å²) in [5.74, 6) is -1.37. The molecule has 9 heteroatoms. The molecule has 1 aliphatic heterocycles. The predicted molar refractivity (Wildman–Crippen MR) is 148 cm³/mol. The van der Waals surface area contributed by atoms with E-state index in [1.54, 1.807) is 12.1 Å². The third-order valence-corrected chi connectivity index (χ3v) is 8.46. The monoisotopic (exact) mass is 547 g/mol. The minimum absolute atomic E-state index is 0.0581. The van der Waals surface area contributed by atoms with Gasteiger partial charge in [0.1, 0.15) is 10.9 Å². The highest BCUT2D eigenvalue weighted by atomic mass is 32.2. The van der Waals surface area contributed by atoms with Gasteiger partial charge >= 0.3 is 0 Å². The van der Waals surface area contributed by atoms with Crippen LogP contribution >= 0.6 is 0 Å². The van der Waals surface area contributed by atoms with Crippen LogP contribution in [0, 0.1) is 6.92 Å². The Kier molecular flexibility index (Phi) is 8.50. The van der Waals surface area contributed by atoms with Gasteiger partial charge < -0.3 is 10.2 Å². The predicted octanol–water partition coefficient (Wildman–Crippen LogP) is 3.69. The van der Waals surface area contributed by atoms with E-state index in [4.69, 9.17) is 0 Å². The van der Waals surface area contributed by atoms with Gasteiger partial charge in [-0.05, 0) is 44.0 Å². The Bertz CT molecular complexity index is 1450. The average molecular weight is 548 g/mol. The summed E-state index contributed by atoms with van der Waals surface area (Å²) in [6.07, 6.45) is 0.0223.